The molecule has 4 aromatic rings. The zero-order valence-corrected chi connectivity index (χ0v) is 29.1. The maximum absolute atomic E-state index is 14.7. The van der Waals surface area contributed by atoms with Crippen LogP contribution in [0, 0.1) is 0 Å². The van der Waals surface area contributed by atoms with Gasteiger partial charge in [-0.15, -0.1) is 0 Å². The van der Waals surface area contributed by atoms with Gasteiger partial charge >= 0.3 is 0 Å². The minimum absolute atomic E-state index is 0.0208. The van der Waals surface area contributed by atoms with Crippen LogP contribution in [0.2, 0.25) is 10.0 Å². The van der Waals surface area contributed by atoms with E-state index in [2.05, 4.69) is 5.32 Å². The van der Waals surface area contributed by atoms with Crippen LogP contribution in [0.5, 0.6) is 5.75 Å². The molecule has 0 fully saturated rings. The molecule has 0 heterocycles. The van der Waals surface area contributed by atoms with Crippen LogP contribution in [0.4, 0.5) is 5.69 Å². The number of benzene rings is 4. The number of nitrogens with zero attached hydrogens (tertiary/aromatic N) is 2. The van der Waals surface area contributed by atoms with Crippen LogP contribution in [-0.2, 0) is 32.6 Å². The highest BCUT2D eigenvalue weighted by Gasteiger charge is 2.36. The monoisotopic (exact) mass is 695 g/mol. The SMILES string of the molecule is CCOc1ccccc1N(CC(=O)N(Cc1ccc(Cl)cc1)[C@@H](Cc1ccccc1)C(=O)NC(C)(C)C)S(=O)(=O)c1ccc(Cl)cc1. The first-order chi connectivity index (χ1) is 22.3. The van der Waals surface area contributed by atoms with Gasteiger partial charge in [0.1, 0.15) is 18.3 Å². The molecule has 4 aromatic carbocycles. The molecule has 0 saturated carbocycles. The van der Waals surface area contributed by atoms with Crippen molar-refractivity contribution in [1.29, 1.82) is 0 Å². The Hall–Kier alpha value is -4.05. The summed E-state index contributed by atoms with van der Waals surface area (Å²) >= 11 is 12.2. The van der Waals surface area contributed by atoms with Crippen LogP contribution < -0.4 is 14.4 Å². The summed E-state index contributed by atoms with van der Waals surface area (Å²) in [7, 11) is -4.32. The molecular formula is C36H39Cl2N3O5S. The molecule has 1 N–H and O–H groups in total. The molecule has 0 bridgehead atoms. The van der Waals surface area contributed by atoms with Crippen molar-refractivity contribution in [3.8, 4) is 5.75 Å². The molecule has 0 aliphatic heterocycles. The summed E-state index contributed by atoms with van der Waals surface area (Å²) in [5, 5.41) is 3.91. The van der Waals surface area contributed by atoms with Crippen molar-refractivity contribution in [1.82, 2.24) is 10.2 Å². The standard InChI is InChI=1S/C36H39Cl2N3O5S/c1-5-46-33-14-10-9-13-31(33)41(47(44,45)30-21-19-29(38)20-22-30)25-34(42)40(24-27-15-17-28(37)18-16-27)32(35(43)39-36(2,3)4)23-26-11-7-6-8-12-26/h6-22,32H,5,23-25H2,1-4H3,(H,39,43)/t32-/m0/s1. The lowest BCUT2D eigenvalue weighted by atomic mass is 10.0. The Morgan fingerprint density at radius 2 is 1.38 bits per heavy atom. The van der Waals surface area contributed by atoms with Crippen molar-refractivity contribution >= 4 is 50.7 Å². The van der Waals surface area contributed by atoms with E-state index in [0.717, 1.165) is 9.87 Å². The number of carbonyl (C=O) groups is 2. The molecular weight excluding hydrogens is 657 g/mol. The molecule has 0 spiro atoms. The Kier molecular flexibility index (Phi) is 12.0. The Bertz CT molecular complexity index is 1760. The molecule has 0 aromatic heterocycles. The predicted octanol–water partition coefficient (Wildman–Crippen LogP) is 7.14. The molecule has 4 rings (SSSR count). The van der Waals surface area contributed by atoms with Crippen LogP contribution in [0.3, 0.4) is 0 Å². The molecule has 0 radical (unpaired) electrons. The zero-order valence-electron chi connectivity index (χ0n) is 26.8. The van der Waals surface area contributed by atoms with Crippen molar-refractivity contribution in [3.05, 3.63) is 124 Å². The van der Waals surface area contributed by atoms with Crippen LogP contribution >= 0.6 is 23.2 Å². The van der Waals surface area contributed by atoms with E-state index in [1.807, 2.05) is 51.1 Å². The van der Waals surface area contributed by atoms with Crippen molar-refractivity contribution in [3.63, 3.8) is 0 Å². The molecule has 0 saturated heterocycles. The third-order valence-corrected chi connectivity index (χ3v) is 9.43. The van der Waals surface area contributed by atoms with Gasteiger partial charge in [-0.05, 0) is 87.4 Å². The molecule has 8 nitrogen and oxygen atoms in total. The second kappa shape index (κ2) is 15.7. The van der Waals surface area contributed by atoms with Gasteiger partial charge in [-0.3, -0.25) is 13.9 Å². The average Bonchev–Trinajstić information content (AvgIpc) is 3.02. The average molecular weight is 697 g/mol. The van der Waals surface area contributed by atoms with Crippen molar-refractivity contribution < 1.29 is 22.7 Å². The van der Waals surface area contributed by atoms with E-state index >= 15 is 0 Å². The molecule has 11 heteroatoms. The van der Waals surface area contributed by atoms with Gasteiger partial charge in [0.25, 0.3) is 10.0 Å². The van der Waals surface area contributed by atoms with Gasteiger partial charge in [-0.25, -0.2) is 8.42 Å². The zero-order chi connectivity index (χ0) is 34.2. The summed E-state index contributed by atoms with van der Waals surface area (Å²) in [4.78, 5) is 30.0. The quantitative estimate of drug-likeness (QED) is 0.160. The van der Waals surface area contributed by atoms with Crippen LogP contribution in [0.1, 0.15) is 38.8 Å². The molecule has 248 valence electrons. The molecule has 1 atom stereocenters. The number of rotatable bonds is 13. The highest BCUT2D eigenvalue weighted by molar-refractivity contribution is 7.92. The van der Waals surface area contributed by atoms with E-state index in [1.165, 1.54) is 29.2 Å². The predicted molar refractivity (Wildman–Crippen MR) is 187 cm³/mol. The highest BCUT2D eigenvalue weighted by Crippen LogP contribution is 2.33. The smallest absolute Gasteiger partial charge is 0.264 e. The van der Waals surface area contributed by atoms with Crippen LogP contribution in [0.15, 0.2) is 108 Å². The van der Waals surface area contributed by atoms with E-state index in [4.69, 9.17) is 27.9 Å². The van der Waals surface area contributed by atoms with Gasteiger partial charge in [0.15, 0.2) is 0 Å². The van der Waals surface area contributed by atoms with Crippen molar-refractivity contribution in [2.45, 2.75) is 57.1 Å². The summed E-state index contributed by atoms with van der Waals surface area (Å²) in [6.45, 7) is 7.05. The number of anilines is 1. The third-order valence-electron chi connectivity index (χ3n) is 7.15. The Morgan fingerprint density at radius 1 is 0.809 bits per heavy atom. The fraction of sp³-hybridized carbons (Fsp3) is 0.278. The lowest BCUT2D eigenvalue weighted by Crippen LogP contribution is -2.56. The van der Waals surface area contributed by atoms with Gasteiger partial charge in [0, 0.05) is 28.5 Å². The number of carbonyl (C=O) groups excluding carboxylic acids is 2. The number of halogens is 2. The van der Waals surface area contributed by atoms with E-state index in [-0.39, 0.29) is 41.8 Å². The van der Waals surface area contributed by atoms with Crippen molar-refractivity contribution in [2.75, 3.05) is 17.5 Å². The first-order valence-electron chi connectivity index (χ1n) is 15.2. The van der Waals surface area contributed by atoms with E-state index in [9.17, 15) is 18.0 Å². The summed E-state index contributed by atoms with van der Waals surface area (Å²) in [6, 6.07) is 27.7. The number of amides is 2. The number of hydrogen-bond donors (Lipinski definition) is 1. The van der Waals surface area contributed by atoms with Gasteiger partial charge in [0.05, 0.1) is 17.2 Å². The van der Waals surface area contributed by atoms with Crippen molar-refractivity contribution in [2.24, 2.45) is 0 Å². The Morgan fingerprint density at radius 3 is 1.98 bits per heavy atom. The number of nitrogens with one attached hydrogen (secondary N) is 1. The first kappa shape index (κ1) is 35.8. The molecule has 47 heavy (non-hydrogen) atoms. The summed E-state index contributed by atoms with van der Waals surface area (Å²) in [5.41, 5.74) is 1.14. The number of sulfonamides is 1. The second-order valence-corrected chi connectivity index (χ2v) is 14.7. The lowest BCUT2D eigenvalue weighted by molar-refractivity contribution is -0.140. The fourth-order valence-corrected chi connectivity index (χ4v) is 6.66. The first-order valence-corrected chi connectivity index (χ1v) is 17.4. The largest absolute Gasteiger partial charge is 0.492 e. The van der Waals surface area contributed by atoms with E-state index in [0.29, 0.717) is 15.6 Å². The number of para-hydroxylation sites is 2. The fourth-order valence-electron chi connectivity index (χ4n) is 4.98. The Labute approximate surface area is 287 Å². The summed E-state index contributed by atoms with van der Waals surface area (Å²) in [5.74, 6) is -0.671. The van der Waals surface area contributed by atoms with Gasteiger partial charge in [0.2, 0.25) is 11.8 Å². The highest BCUT2D eigenvalue weighted by atomic mass is 35.5. The van der Waals surface area contributed by atoms with Gasteiger partial charge < -0.3 is 15.0 Å². The minimum Gasteiger partial charge on any atom is -0.492 e. The lowest BCUT2D eigenvalue weighted by Gasteiger charge is -2.35. The molecule has 2 amide bonds. The Balaban J connectivity index is 1.85. The maximum Gasteiger partial charge on any atom is 0.264 e. The molecule has 0 unspecified atom stereocenters. The molecule has 0 aliphatic rings. The maximum atomic E-state index is 14.7. The summed E-state index contributed by atoms with van der Waals surface area (Å²) < 4.78 is 35.4. The number of hydrogen-bond acceptors (Lipinski definition) is 5. The topological polar surface area (TPSA) is 96.0 Å². The third kappa shape index (κ3) is 9.73. The summed E-state index contributed by atoms with van der Waals surface area (Å²) in [6.07, 6.45) is 0.196. The van der Waals surface area contributed by atoms with Crippen LogP contribution in [-0.4, -0.2) is 49.9 Å². The van der Waals surface area contributed by atoms with Crippen LogP contribution in [0.25, 0.3) is 0 Å². The number of ether oxygens (including phenoxy) is 1. The van der Waals surface area contributed by atoms with E-state index < -0.39 is 34.1 Å². The second-order valence-electron chi connectivity index (χ2n) is 12.0. The minimum atomic E-state index is -4.32. The normalized spacial score (nSPS) is 12.2. The van der Waals surface area contributed by atoms with E-state index in [1.54, 1.807) is 55.5 Å². The van der Waals surface area contributed by atoms with Gasteiger partial charge in [-0.2, -0.15) is 0 Å². The van der Waals surface area contributed by atoms with Gasteiger partial charge in [-0.1, -0.05) is 77.8 Å². The molecule has 0 aliphatic carbocycles.